The summed E-state index contributed by atoms with van der Waals surface area (Å²) in [6, 6.07) is 21.6. The molecule has 0 aliphatic rings. The van der Waals surface area contributed by atoms with Crippen molar-refractivity contribution in [2.45, 2.75) is 10.8 Å². The Morgan fingerprint density at radius 2 is 1.71 bits per heavy atom. The first-order valence-electron chi connectivity index (χ1n) is 10.5. The first-order chi connectivity index (χ1) is 16.6. The van der Waals surface area contributed by atoms with Crippen molar-refractivity contribution < 1.29 is 18.5 Å². The standard InChI is InChI=1S/C26H23N3O4S/c1-32-21-9-8-19(24(16-21)33-2)17-34(31)26-22(25(30)28-20-12-14-27-15-13-20)10-11-23(29-26)18-6-4-3-5-7-18/h3-16H,17H2,1-2H3,(H,27,28,30). The van der Waals surface area contributed by atoms with E-state index in [0.29, 0.717) is 28.4 Å². The number of carbonyl (C=O) groups excluding carboxylic acids is 1. The Labute approximate surface area is 200 Å². The number of pyridine rings is 2. The molecule has 7 nitrogen and oxygen atoms in total. The average molecular weight is 474 g/mol. The van der Waals surface area contributed by atoms with Gasteiger partial charge in [-0.05, 0) is 30.3 Å². The lowest BCUT2D eigenvalue weighted by Crippen LogP contribution is -2.17. The molecule has 4 rings (SSSR count). The molecule has 0 aliphatic carbocycles. The SMILES string of the molecule is COc1ccc(CS(=O)c2nc(-c3ccccc3)ccc2C(=O)Nc2ccncc2)c(OC)c1. The molecule has 0 saturated carbocycles. The van der Waals surface area contributed by atoms with Crippen LogP contribution in [0, 0.1) is 0 Å². The molecule has 172 valence electrons. The molecule has 0 aliphatic heterocycles. The number of benzene rings is 2. The van der Waals surface area contributed by atoms with Crippen molar-refractivity contribution in [1.82, 2.24) is 9.97 Å². The van der Waals surface area contributed by atoms with E-state index in [9.17, 15) is 9.00 Å². The number of amides is 1. The molecular formula is C26H23N3O4S. The summed E-state index contributed by atoms with van der Waals surface area (Å²) >= 11 is 0. The maximum Gasteiger partial charge on any atom is 0.258 e. The van der Waals surface area contributed by atoms with Crippen LogP contribution in [0.25, 0.3) is 11.3 Å². The molecule has 1 N–H and O–H groups in total. The monoisotopic (exact) mass is 473 g/mol. The highest BCUT2D eigenvalue weighted by molar-refractivity contribution is 7.84. The predicted molar refractivity (Wildman–Crippen MR) is 132 cm³/mol. The molecule has 0 spiro atoms. The van der Waals surface area contributed by atoms with E-state index < -0.39 is 16.7 Å². The minimum absolute atomic E-state index is 0.119. The van der Waals surface area contributed by atoms with Gasteiger partial charge in [0.2, 0.25) is 0 Å². The average Bonchev–Trinajstić information content (AvgIpc) is 2.89. The zero-order valence-electron chi connectivity index (χ0n) is 18.7. The number of hydrogen-bond donors (Lipinski definition) is 1. The number of aromatic nitrogens is 2. The van der Waals surface area contributed by atoms with Crippen molar-refractivity contribution in [2.24, 2.45) is 0 Å². The van der Waals surface area contributed by atoms with Gasteiger partial charge < -0.3 is 14.8 Å². The Balaban J connectivity index is 1.72. The molecule has 2 aromatic carbocycles. The molecule has 8 heteroatoms. The lowest BCUT2D eigenvalue weighted by Gasteiger charge is -2.13. The maximum absolute atomic E-state index is 13.6. The van der Waals surface area contributed by atoms with Gasteiger partial charge >= 0.3 is 0 Å². The summed E-state index contributed by atoms with van der Waals surface area (Å²) in [7, 11) is 1.48. The number of nitrogens with zero attached hydrogens (tertiary/aromatic N) is 2. The number of hydrogen-bond acceptors (Lipinski definition) is 6. The molecule has 0 fully saturated rings. The molecular weight excluding hydrogens is 450 g/mol. The Kier molecular flexibility index (Phi) is 7.29. The lowest BCUT2D eigenvalue weighted by atomic mass is 10.1. The van der Waals surface area contributed by atoms with Gasteiger partial charge in [-0.2, -0.15) is 0 Å². The highest BCUT2D eigenvalue weighted by Crippen LogP contribution is 2.28. The first kappa shape index (κ1) is 23.1. The molecule has 1 atom stereocenters. The lowest BCUT2D eigenvalue weighted by molar-refractivity contribution is 0.102. The summed E-state index contributed by atoms with van der Waals surface area (Å²) in [5, 5.41) is 3.02. The quantitative estimate of drug-likeness (QED) is 0.398. The van der Waals surface area contributed by atoms with E-state index in [1.165, 1.54) is 0 Å². The van der Waals surface area contributed by atoms with Crippen molar-refractivity contribution >= 4 is 22.4 Å². The molecule has 1 unspecified atom stereocenters. The van der Waals surface area contributed by atoms with Gasteiger partial charge in [-0.15, -0.1) is 0 Å². The van der Waals surface area contributed by atoms with E-state index in [0.717, 1.165) is 5.56 Å². The van der Waals surface area contributed by atoms with Crippen LogP contribution in [0.2, 0.25) is 0 Å². The van der Waals surface area contributed by atoms with Crippen molar-refractivity contribution in [3.63, 3.8) is 0 Å². The second-order valence-electron chi connectivity index (χ2n) is 7.27. The van der Waals surface area contributed by atoms with Crippen LogP contribution in [-0.2, 0) is 16.6 Å². The number of rotatable bonds is 8. The summed E-state index contributed by atoms with van der Waals surface area (Å²) in [6.07, 6.45) is 3.17. The second kappa shape index (κ2) is 10.7. The number of anilines is 1. The van der Waals surface area contributed by atoms with Gasteiger partial charge in [0.25, 0.3) is 5.91 Å². The van der Waals surface area contributed by atoms with Crippen LogP contribution in [0.3, 0.4) is 0 Å². The third-order valence-electron chi connectivity index (χ3n) is 5.11. The van der Waals surface area contributed by atoms with Crippen LogP contribution in [0.15, 0.2) is 90.2 Å². The van der Waals surface area contributed by atoms with Crippen LogP contribution in [0.1, 0.15) is 15.9 Å². The first-order valence-corrected chi connectivity index (χ1v) is 11.8. The fourth-order valence-electron chi connectivity index (χ4n) is 3.37. The number of methoxy groups -OCH3 is 2. The van der Waals surface area contributed by atoms with Crippen molar-refractivity contribution in [2.75, 3.05) is 19.5 Å². The molecule has 4 aromatic rings. The molecule has 34 heavy (non-hydrogen) atoms. The Morgan fingerprint density at radius 3 is 2.41 bits per heavy atom. The number of ether oxygens (including phenoxy) is 2. The summed E-state index contributed by atoms with van der Waals surface area (Å²) in [4.78, 5) is 21.7. The topological polar surface area (TPSA) is 90.4 Å². The molecule has 0 bridgehead atoms. The van der Waals surface area contributed by atoms with Gasteiger partial charge in [-0.1, -0.05) is 36.4 Å². The highest BCUT2D eigenvalue weighted by atomic mass is 32.2. The van der Waals surface area contributed by atoms with E-state index in [1.807, 2.05) is 30.3 Å². The van der Waals surface area contributed by atoms with Crippen molar-refractivity contribution in [3.05, 3.63) is 96.3 Å². The second-order valence-corrected chi connectivity index (χ2v) is 8.64. The summed E-state index contributed by atoms with van der Waals surface area (Å²) in [5.41, 5.74) is 3.03. The zero-order valence-corrected chi connectivity index (χ0v) is 19.5. The zero-order chi connectivity index (χ0) is 23.9. The number of nitrogens with one attached hydrogen (secondary N) is 1. The third-order valence-corrected chi connectivity index (χ3v) is 6.42. The minimum Gasteiger partial charge on any atom is -0.497 e. The summed E-state index contributed by atoms with van der Waals surface area (Å²) < 4.78 is 24.3. The van der Waals surface area contributed by atoms with E-state index in [2.05, 4.69) is 15.3 Å². The normalized spacial score (nSPS) is 11.5. The van der Waals surface area contributed by atoms with Crippen molar-refractivity contribution in [3.8, 4) is 22.8 Å². The molecule has 2 aromatic heterocycles. The van der Waals surface area contributed by atoms with Crippen LogP contribution in [-0.4, -0.2) is 34.3 Å². The van der Waals surface area contributed by atoms with E-state index >= 15 is 0 Å². The molecule has 1 amide bonds. The smallest absolute Gasteiger partial charge is 0.258 e. The van der Waals surface area contributed by atoms with Gasteiger partial charge in [0, 0.05) is 35.3 Å². The van der Waals surface area contributed by atoms with E-state index in [-0.39, 0.29) is 16.3 Å². The fraction of sp³-hybridized carbons (Fsp3) is 0.115. The Morgan fingerprint density at radius 1 is 0.941 bits per heavy atom. The Hall–Kier alpha value is -4.04. The largest absolute Gasteiger partial charge is 0.497 e. The third kappa shape index (κ3) is 5.29. The van der Waals surface area contributed by atoms with Crippen LogP contribution >= 0.6 is 0 Å². The Bertz CT molecular complexity index is 1310. The maximum atomic E-state index is 13.6. The molecule has 0 saturated heterocycles. The fourth-order valence-corrected chi connectivity index (χ4v) is 4.63. The summed E-state index contributed by atoms with van der Waals surface area (Å²) in [5.74, 6) is 0.902. The van der Waals surface area contributed by atoms with Gasteiger partial charge in [0.1, 0.15) is 16.5 Å². The van der Waals surface area contributed by atoms with Crippen LogP contribution < -0.4 is 14.8 Å². The highest BCUT2D eigenvalue weighted by Gasteiger charge is 2.21. The van der Waals surface area contributed by atoms with Gasteiger partial charge in [-0.3, -0.25) is 14.0 Å². The number of carbonyl (C=O) groups is 1. The van der Waals surface area contributed by atoms with Gasteiger partial charge in [-0.25, -0.2) is 4.98 Å². The molecule has 0 radical (unpaired) electrons. The van der Waals surface area contributed by atoms with Gasteiger partial charge in [0.15, 0.2) is 0 Å². The molecule has 2 heterocycles. The van der Waals surface area contributed by atoms with Crippen molar-refractivity contribution in [1.29, 1.82) is 0 Å². The summed E-state index contributed by atoms with van der Waals surface area (Å²) in [6.45, 7) is 0. The van der Waals surface area contributed by atoms with E-state index in [4.69, 9.17) is 9.47 Å². The van der Waals surface area contributed by atoms with Crippen LogP contribution in [0.5, 0.6) is 11.5 Å². The minimum atomic E-state index is -1.63. The predicted octanol–water partition coefficient (Wildman–Crippen LogP) is 4.72. The van der Waals surface area contributed by atoms with E-state index in [1.54, 1.807) is 69.1 Å². The van der Waals surface area contributed by atoms with Crippen LogP contribution in [0.4, 0.5) is 5.69 Å². The van der Waals surface area contributed by atoms with Gasteiger partial charge in [0.05, 0.1) is 42.0 Å².